The van der Waals surface area contributed by atoms with Gasteiger partial charge in [0.15, 0.2) is 0 Å². The van der Waals surface area contributed by atoms with Crippen LogP contribution in [0.3, 0.4) is 0 Å². The minimum atomic E-state index is -0.730. The number of rotatable bonds is 6. The Morgan fingerprint density at radius 1 is 1.48 bits per heavy atom. The van der Waals surface area contributed by atoms with E-state index in [0.29, 0.717) is 5.69 Å². The Hall–Kier alpha value is -2.22. The molecular formula is C15H21FN4O3. The van der Waals surface area contributed by atoms with E-state index in [-0.39, 0.29) is 35.9 Å². The molecule has 126 valence electrons. The van der Waals surface area contributed by atoms with E-state index in [1.807, 2.05) is 0 Å². The van der Waals surface area contributed by atoms with Crippen molar-refractivity contribution in [1.82, 2.24) is 15.3 Å². The van der Waals surface area contributed by atoms with Gasteiger partial charge in [0.25, 0.3) is 5.56 Å². The van der Waals surface area contributed by atoms with Crippen LogP contribution in [0.25, 0.3) is 5.57 Å². The highest BCUT2D eigenvalue weighted by Crippen LogP contribution is 2.23. The summed E-state index contributed by atoms with van der Waals surface area (Å²) in [5, 5.41) is 3.24. The Kier molecular flexibility index (Phi) is 6.28. The van der Waals surface area contributed by atoms with Crippen molar-refractivity contribution in [2.24, 2.45) is 5.73 Å². The highest BCUT2D eigenvalue weighted by atomic mass is 19.1. The van der Waals surface area contributed by atoms with Gasteiger partial charge in [0.05, 0.1) is 19.0 Å². The highest BCUT2D eigenvalue weighted by Gasteiger charge is 2.21. The van der Waals surface area contributed by atoms with Gasteiger partial charge >= 0.3 is 5.97 Å². The molecule has 0 aromatic carbocycles. The number of halogens is 1. The van der Waals surface area contributed by atoms with Gasteiger partial charge in [0.1, 0.15) is 11.4 Å². The summed E-state index contributed by atoms with van der Waals surface area (Å²) in [5.74, 6) is -0.482. The molecule has 1 saturated heterocycles. The summed E-state index contributed by atoms with van der Waals surface area (Å²) < 4.78 is 17.0. The Morgan fingerprint density at radius 3 is 2.87 bits per heavy atom. The fourth-order valence-corrected chi connectivity index (χ4v) is 2.47. The zero-order valence-corrected chi connectivity index (χ0v) is 12.8. The van der Waals surface area contributed by atoms with Gasteiger partial charge in [-0.25, -0.2) is 9.78 Å². The number of nitrogens with one attached hydrogen (secondary N) is 2. The van der Waals surface area contributed by atoms with Crippen molar-refractivity contribution in [1.29, 1.82) is 0 Å². The van der Waals surface area contributed by atoms with Crippen molar-refractivity contribution in [3.8, 4) is 0 Å². The summed E-state index contributed by atoms with van der Waals surface area (Å²) >= 11 is 0. The van der Waals surface area contributed by atoms with E-state index in [4.69, 9.17) is 10.5 Å². The first kappa shape index (κ1) is 17.1. The molecule has 2 rings (SSSR count). The predicted molar refractivity (Wildman–Crippen MR) is 83.4 cm³/mol. The van der Waals surface area contributed by atoms with Crippen molar-refractivity contribution in [3.05, 3.63) is 34.1 Å². The Balaban J connectivity index is 2.21. The van der Waals surface area contributed by atoms with Crippen LogP contribution in [0, 0.1) is 0 Å². The largest absolute Gasteiger partial charge is 0.462 e. The summed E-state index contributed by atoms with van der Waals surface area (Å²) in [4.78, 5) is 30.7. The van der Waals surface area contributed by atoms with Crippen molar-refractivity contribution < 1.29 is 13.9 Å². The van der Waals surface area contributed by atoms with Crippen molar-refractivity contribution in [2.45, 2.75) is 25.2 Å². The van der Waals surface area contributed by atoms with Crippen molar-refractivity contribution in [2.75, 3.05) is 26.4 Å². The number of hydrogen-bond donors (Lipinski definition) is 3. The van der Waals surface area contributed by atoms with Crippen LogP contribution in [0.1, 0.15) is 36.7 Å². The van der Waals surface area contributed by atoms with Crippen LogP contribution in [0.15, 0.2) is 17.1 Å². The van der Waals surface area contributed by atoms with Crippen molar-refractivity contribution >= 4 is 11.5 Å². The summed E-state index contributed by atoms with van der Waals surface area (Å²) in [6.45, 7) is 1.10. The van der Waals surface area contributed by atoms with Crippen LogP contribution in [-0.4, -0.2) is 42.3 Å². The molecule has 1 fully saturated rings. The normalized spacial score (nSPS) is 16.3. The number of piperidine rings is 1. The van der Waals surface area contributed by atoms with E-state index in [0.717, 1.165) is 32.1 Å². The second-order valence-electron chi connectivity index (χ2n) is 5.30. The lowest BCUT2D eigenvalue weighted by Crippen LogP contribution is -2.28. The number of aromatic amines is 1. The summed E-state index contributed by atoms with van der Waals surface area (Å²) in [6.07, 6.45) is 2.90. The molecule has 1 aromatic rings. The van der Waals surface area contributed by atoms with Crippen molar-refractivity contribution in [3.63, 3.8) is 0 Å². The standard InChI is InChI=1S/C15H21FN4O3/c16-4-1-7-23-15(22)11(9-17)14-19-12(8-13(21)20-14)10-2-5-18-6-3-10/h8-10,18H,1-7,17H2,(H,19,20,21). The third kappa shape index (κ3) is 4.62. The van der Waals surface area contributed by atoms with Crippen LogP contribution in [-0.2, 0) is 9.53 Å². The molecule has 1 aliphatic heterocycles. The predicted octanol–water partition coefficient (Wildman–Crippen LogP) is 0.439. The molecule has 0 spiro atoms. The first-order chi connectivity index (χ1) is 11.2. The van der Waals surface area contributed by atoms with E-state index in [2.05, 4.69) is 15.3 Å². The maximum absolute atomic E-state index is 12.1. The van der Waals surface area contributed by atoms with E-state index >= 15 is 0 Å². The number of esters is 1. The molecule has 0 radical (unpaired) electrons. The molecule has 8 heteroatoms. The van der Waals surface area contributed by atoms with Gasteiger partial charge in [-0.05, 0) is 25.9 Å². The molecule has 23 heavy (non-hydrogen) atoms. The summed E-state index contributed by atoms with van der Waals surface area (Å²) in [5.41, 5.74) is 5.74. The Labute approximate surface area is 133 Å². The zero-order valence-electron chi connectivity index (χ0n) is 12.8. The first-order valence-corrected chi connectivity index (χ1v) is 7.63. The molecule has 0 bridgehead atoms. The Morgan fingerprint density at radius 2 is 2.22 bits per heavy atom. The van der Waals surface area contributed by atoms with Gasteiger partial charge < -0.3 is 20.8 Å². The van der Waals surface area contributed by atoms with E-state index in [9.17, 15) is 14.0 Å². The van der Waals surface area contributed by atoms with E-state index < -0.39 is 12.6 Å². The quantitative estimate of drug-likeness (QED) is 0.398. The lowest BCUT2D eigenvalue weighted by molar-refractivity contribution is -0.136. The number of alkyl halides is 1. The summed E-state index contributed by atoms with van der Waals surface area (Å²) in [6, 6.07) is 1.45. The number of ether oxygens (including phenoxy) is 1. The molecule has 1 aliphatic rings. The number of nitrogens with zero attached hydrogens (tertiary/aromatic N) is 1. The number of carbonyl (C=O) groups excluding carboxylic acids is 1. The molecular weight excluding hydrogens is 303 g/mol. The topological polar surface area (TPSA) is 110 Å². The minimum Gasteiger partial charge on any atom is -0.462 e. The molecule has 0 saturated carbocycles. The molecule has 0 amide bonds. The molecule has 1 aromatic heterocycles. The maximum atomic E-state index is 12.1. The van der Waals surface area contributed by atoms with Gasteiger partial charge in [0, 0.05) is 24.6 Å². The van der Waals surface area contributed by atoms with Gasteiger partial charge in [-0.1, -0.05) is 0 Å². The van der Waals surface area contributed by atoms with Crippen LogP contribution >= 0.6 is 0 Å². The van der Waals surface area contributed by atoms with Gasteiger partial charge in [-0.2, -0.15) is 0 Å². The SMILES string of the molecule is NC=C(C(=O)OCCCF)c1nc(C2CCNCC2)cc(=O)[nH]1. The smallest absolute Gasteiger partial charge is 0.343 e. The molecule has 7 nitrogen and oxygen atoms in total. The summed E-state index contributed by atoms with van der Waals surface area (Å²) in [7, 11) is 0. The lowest BCUT2D eigenvalue weighted by atomic mass is 9.94. The number of carbonyl (C=O) groups is 1. The lowest BCUT2D eigenvalue weighted by Gasteiger charge is -2.22. The molecule has 2 heterocycles. The third-order valence-electron chi connectivity index (χ3n) is 3.67. The number of H-pyrrole nitrogens is 1. The zero-order chi connectivity index (χ0) is 16.7. The van der Waals surface area contributed by atoms with E-state index in [1.54, 1.807) is 0 Å². The monoisotopic (exact) mass is 324 g/mol. The van der Waals surface area contributed by atoms with Gasteiger partial charge in [0.2, 0.25) is 0 Å². The molecule has 4 N–H and O–H groups in total. The first-order valence-electron chi connectivity index (χ1n) is 7.63. The van der Waals surface area contributed by atoms with Crippen LogP contribution in [0.2, 0.25) is 0 Å². The third-order valence-corrected chi connectivity index (χ3v) is 3.67. The number of hydrogen-bond acceptors (Lipinski definition) is 6. The average molecular weight is 324 g/mol. The maximum Gasteiger partial charge on any atom is 0.343 e. The van der Waals surface area contributed by atoms with Crippen LogP contribution in [0.5, 0.6) is 0 Å². The van der Waals surface area contributed by atoms with Gasteiger partial charge in [-0.15, -0.1) is 0 Å². The van der Waals surface area contributed by atoms with E-state index in [1.165, 1.54) is 6.07 Å². The minimum absolute atomic E-state index is 0.0308. The fraction of sp³-hybridized carbons (Fsp3) is 0.533. The molecule has 0 unspecified atom stereocenters. The number of aromatic nitrogens is 2. The second-order valence-corrected chi connectivity index (χ2v) is 5.30. The Bertz CT molecular complexity index is 623. The van der Waals surface area contributed by atoms with Crippen LogP contribution < -0.4 is 16.6 Å². The second kappa shape index (κ2) is 8.42. The van der Waals surface area contributed by atoms with Gasteiger partial charge in [-0.3, -0.25) is 9.18 Å². The average Bonchev–Trinajstić information content (AvgIpc) is 2.56. The number of nitrogens with two attached hydrogens (primary N) is 1. The molecule has 0 atom stereocenters. The van der Waals surface area contributed by atoms with Crippen LogP contribution in [0.4, 0.5) is 4.39 Å². The molecule has 0 aliphatic carbocycles. The fourth-order valence-electron chi connectivity index (χ4n) is 2.47. The highest BCUT2D eigenvalue weighted by molar-refractivity contribution is 6.15.